The van der Waals surface area contributed by atoms with Gasteiger partial charge in [-0.3, -0.25) is 14.5 Å². The second kappa shape index (κ2) is 7.33. The third-order valence-electron chi connectivity index (χ3n) is 5.54. The van der Waals surface area contributed by atoms with Gasteiger partial charge in [-0.1, -0.05) is 30.3 Å². The van der Waals surface area contributed by atoms with Crippen molar-refractivity contribution in [2.45, 2.75) is 32.3 Å². The molecule has 30 heavy (non-hydrogen) atoms. The summed E-state index contributed by atoms with van der Waals surface area (Å²) in [6.07, 6.45) is 2.19. The number of nitrogens with zero attached hydrogens (tertiary/aromatic N) is 3. The summed E-state index contributed by atoms with van der Waals surface area (Å²) in [5.74, 6) is 0.804. The van der Waals surface area contributed by atoms with Gasteiger partial charge in [0, 0.05) is 5.56 Å². The first-order valence-electron chi connectivity index (χ1n) is 10.1. The summed E-state index contributed by atoms with van der Waals surface area (Å²) in [5.41, 5.74) is 3.60. The van der Waals surface area contributed by atoms with Gasteiger partial charge in [-0.15, -0.1) is 0 Å². The molecule has 1 aliphatic carbocycles. The van der Waals surface area contributed by atoms with Crippen molar-refractivity contribution in [2.24, 2.45) is 0 Å². The molecule has 0 saturated carbocycles. The number of amides is 2. The molecule has 2 heterocycles. The minimum atomic E-state index is -0.633. The number of hydrogen-bond donors (Lipinski definition) is 1. The number of anilines is 2. The van der Waals surface area contributed by atoms with Gasteiger partial charge in [-0.25, -0.2) is 4.68 Å². The van der Waals surface area contributed by atoms with Crippen molar-refractivity contribution in [3.8, 4) is 11.4 Å². The Morgan fingerprint density at radius 3 is 2.73 bits per heavy atom. The number of aromatic nitrogens is 2. The van der Waals surface area contributed by atoms with Crippen LogP contribution < -0.4 is 15.0 Å². The standard InChI is InChI=1S/C23H22N4O3/c1-15-23(29)26(19-12-5-6-13-20(19)30-15)14-21(28)24-22-17-10-7-11-18(17)25-27(22)16-8-3-2-4-9-16/h2-6,8-9,12-13,15H,7,10-11,14H2,1H3,(H,24,28). The third kappa shape index (κ3) is 3.12. The average Bonchev–Trinajstić information content (AvgIpc) is 3.35. The van der Waals surface area contributed by atoms with Crippen LogP contribution in [0.2, 0.25) is 0 Å². The van der Waals surface area contributed by atoms with Gasteiger partial charge in [0.25, 0.3) is 5.91 Å². The van der Waals surface area contributed by atoms with E-state index in [0.29, 0.717) is 17.3 Å². The fraction of sp³-hybridized carbons (Fsp3) is 0.261. The summed E-state index contributed by atoms with van der Waals surface area (Å²) in [7, 11) is 0. The molecule has 152 valence electrons. The molecular weight excluding hydrogens is 380 g/mol. The lowest BCUT2D eigenvalue weighted by Gasteiger charge is -2.32. The molecule has 0 saturated heterocycles. The average molecular weight is 402 g/mol. The lowest BCUT2D eigenvalue weighted by Crippen LogP contribution is -2.47. The fourth-order valence-corrected chi connectivity index (χ4v) is 4.11. The smallest absolute Gasteiger partial charge is 0.268 e. The van der Waals surface area contributed by atoms with E-state index in [2.05, 4.69) is 5.32 Å². The molecule has 1 N–H and O–H groups in total. The Labute approximate surface area is 174 Å². The van der Waals surface area contributed by atoms with Gasteiger partial charge in [0.2, 0.25) is 5.91 Å². The van der Waals surface area contributed by atoms with Gasteiger partial charge in [-0.2, -0.15) is 5.10 Å². The Hall–Kier alpha value is -3.61. The Balaban J connectivity index is 1.44. The molecule has 1 unspecified atom stereocenters. The van der Waals surface area contributed by atoms with Crippen molar-refractivity contribution in [1.29, 1.82) is 0 Å². The van der Waals surface area contributed by atoms with Crippen LogP contribution in [0.3, 0.4) is 0 Å². The number of aryl methyl sites for hydroxylation is 1. The molecule has 0 spiro atoms. The number of fused-ring (bicyclic) bond motifs is 2. The monoisotopic (exact) mass is 402 g/mol. The predicted octanol–water partition coefficient (Wildman–Crippen LogP) is 3.11. The second-order valence-corrected chi connectivity index (χ2v) is 7.58. The van der Waals surface area contributed by atoms with Crippen molar-refractivity contribution in [1.82, 2.24) is 9.78 Å². The van der Waals surface area contributed by atoms with E-state index >= 15 is 0 Å². The van der Waals surface area contributed by atoms with E-state index in [1.165, 1.54) is 4.90 Å². The summed E-state index contributed by atoms with van der Waals surface area (Å²) in [6, 6.07) is 17.0. The van der Waals surface area contributed by atoms with Crippen LogP contribution in [-0.4, -0.2) is 34.2 Å². The topological polar surface area (TPSA) is 76.5 Å². The van der Waals surface area contributed by atoms with E-state index in [9.17, 15) is 9.59 Å². The Bertz CT molecular complexity index is 1120. The zero-order valence-electron chi connectivity index (χ0n) is 16.7. The quantitative estimate of drug-likeness (QED) is 0.728. The maximum Gasteiger partial charge on any atom is 0.268 e. The highest BCUT2D eigenvalue weighted by Gasteiger charge is 2.33. The van der Waals surface area contributed by atoms with Gasteiger partial charge in [0.05, 0.1) is 17.1 Å². The summed E-state index contributed by atoms with van der Waals surface area (Å²) in [4.78, 5) is 27.2. The van der Waals surface area contributed by atoms with Crippen molar-refractivity contribution < 1.29 is 14.3 Å². The van der Waals surface area contributed by atoms with Crippen molar-refractivity contribution in [2.75, 3.05) is 16.8 Å². The first-order valence-corrected chi connectivity index (χ1v) is 10.1. The first kappa shape index (κ1) is 18.4. The van der Waals surface area contributed by atoms with Crippen LogP contribution in [-0.2, 0) is 22.4 Å². The van der Waals surface area contributed by atoms with E-state index in [1.54, 1.807) is 23.7 Å². The first-order chi connectivity index (χ1) is 14.6. The Kier molecular flexibility index (Phi) is 4.50. The van der Waals surface area contributed by atoms with Gasteiger partial charge >= 0.3 is 0 Å². The molecule has 5 rings (SSSR count). The van der Waals surface area contributed by atoms with Crippen LogP contribution in [0, 0.1) is 0 Å². The zero-order valence-corrected chi connectivity index (χ0v) is 16.7. The number of carbonyl (C=O) groups excluding carboxylic acids is 2. The largest absolute Gasteiger partial charge is 0.479 e. The Morgan fingerprint density at radius 1 is 1.13 bits per heavy atom. The predicted molar refractivity (Wildman–Crippen MR) is 113 cm³/mol. The number of carbonyl (C=O) groups is 2. The highest BCUT2D eigenvalue weighted by atomic mass is 16.5. The number of rotatable bonds is 4. The summed E-state index contributed by atoms with van der Waals surface area (Å²) in [6.45, 7) is 1.61. The maximum absolute atomic E-state index is 13.0. The number of para-hydroxylation sites is 3. The van der Waals surface area contributed by atoms with Gasteiger partial charge < -0.3 is 10.1 Å². The van der Waals surface area contributed by atoms with Crippen molar-refractivity contribution in [3.63, 3.8) is 0 Å². The molecule has 2 aliphatic rings. The van der Waals surface area contributed by atoms with Crippen molar-refractivity contribution >= 4 is 23.3 Å². The molecule has 1 aliphatic heterocycles. The molecule has 7 nitrogen and oxygen atoms in total. The summed E-state index contributed by atoms with van der Waals surface area (Å²) < 4.78 is 7.45. The van der Waals surface area contributed by atoms with Crippen LogP contribution in [0.5, 0.6) is 5.75 Å². The minimum Gasteiger partial charge on any atom is -0.479 e. The van der Waals surface area contributed by atoms with Crippen LogP contribution in [0.15, 0.2) is 54.6 Å². The van der Waals surface area contributed by atoms with E-state index in [1.807, 2.05) is 42.5 Å². The zero-order chi connectivity index (χ0) is 20.7. The number of benzene rings is 2. The molecule has 0 radical (unpaired) electrons. The third-order valence-corrected chi connectivity index (χ3v) is 5.54. The molecule has 1 atom stereocenters. The summed E-state index contributed by atoms with van der Waals surface area (Å²) in [5, 5.41) is 7.75. The van der Waals surface area contributed by atoms with E-state index < -0.39 is 6.10 Å². The van der Waals surface area contributed by atoms with Crippen molar-refractivity contribution in [3.05, 3.63) is 65.9 Å². The normalized spacial score (nSPS) is 17.3. The lowest BCUT2D eigenvalue weighted by molar-refractivity contribution is -0.127. The fourth-order valence-electron chi connectivity index (χ4n) is 4.11. The SMILES string of the molecule is CC1Oc2ccccc2N(CC(=O)Nc2c3c(nn2-c2ccccc2)CCC3)C1=O. The minimum absolute atomic E-state index is 0.0850. The molecule has 0 bridgehead atoms. The molecule has 2 aromatic carbocycles. The molecule has 7 heteroatoms. The van der Waals surface area contributed by atoms with Crippen LogP contribution >= 0.6 is 0 Å². The number of ether oxygens (including phenoxy) is 1. The molecule has 2 amide bonds. The molecular formula is C23H22N4O3. The second-order valence-electron chi connectivity index (χ2n) is 7.58. The van der Waals surface area contributed by atoms with E-state index in [-0.39, 0.29) is 18.4 Å². The highest BCUT2D eigenvalue weighted by molar-refractivity contribution is 6.06. The lowest BCUT2D eigenvalue weighted by atomic mass is 10.2. The molecule has 3 aromatic rings. The Morgan fingerprint density at radius 2 is 1.90 bits per heavy atom. The van der Waals surface area contributed by atoms with Crippen LogP contribution in [0.25, 0.3) is 5.69 Å². The van der Waals surface area contributed by atoms with Crippen LogP contribution in [0.1, 0.15) is 24.6 Å². The van der Waals surface area contributed by atoms with E-state index in [4.69, 9.17) is 9.84 Å². The number of hydrogen-bond acceptors (Lipinski definition) is 4. The van der Waals surface area contributed by atoms with Crippen LogP contribution in [0.4, 0.5) is 11.5 Å². The van der Waals surface area contributed by atoms with Gasteiger partial charge in [0.15, 0.2) is 6.10 Å². The van der Waals surface area contributed by atoms with Gasteiger partial charge in [-0.05, 0) is 50.5 Å². The highest BCUT2D eigenvalue weighted by Crippen LogP contribution is 2.34. The van der Waals surface area contributed by atoms with E-state index in [0.717, 1.165) is 36.2 Å². The van der Waals surface area contributed by atoms with Gasteiger partial charge in [0.1, 0.15) is 18.1 Å². The maximum atomic E-state index is 13.0. The summed E-state index contributed by atoms with van der Waals surface area (Å²) >= 11 is 0. The molecule has 1 aromatic heterocycles. The number of nitrogens with one attached hydrogen (secondary N) is 1. The molecule has 0 fully saturated rings.